The molecule has 0 unspecified atom stereocenters. The van der Waals surface area contributed by atoms with Gasteiger partial charge in [-0.05, 0) is 37.2 Å². The number of hydrogen-bond acceptors (Lipinski definition) is 4. The molecule has 0 aliphatic carbocycles. The van der Waals surface area contributed by atoms with Gasteiger partial charge in [0.15, 0.2) is 0 Å². The monoisotopic (exact) mass is 277 g/mol. The van der Waals surface area contributed by atoms with Crippen molar-refractivity contribution in [3.63, 3.8) is 0 Å². The van der Waals surface area contributed by atoms with Crippen molar-refractivity contribution in [1.82, 2.24) is 15.3 Å². The standard InChI is InChI=1S/C14H16ClN3O/c1-3-16-7-12-8-18-14(9-17-12)19-13-5-4-11(15)6-10(13)2/h4-6,8-9,16H,3,7H2,1-2H3. The second kappa shape index (κ2) is 6.50. The lowest BCUT2D eigenvalue weighted by molar-refractivity contribution is 0.455. The first-order valence-electron chi connectivity index (χ1n) is 6.14. The van der Waals surface area contributed by atoms with E-state index in [0.717, 1.165) is 23.6 Å². The normalized spacial score (nSPS) is 10.5. The minimum atomic E-state index is 0.477. The molecule has 4 nitrogen and oxygen atoms in total. The molecule has 0 amide bonds. The number of rotatable bonds is 5. The Balaban J connectivity index is 2.06. The van der Waals surface area contributed by atoms with Crippen LogP contribution in [0.5, 0.6) is 11.6 Å². The van der Waals surface area contributed by atoms with E-state index in [1.807, 2.05) is 26.0 Å². The van der Waals surface area contributed by atoms with E-state index in [9.17, 15) is 0 Å². The Kier molecular flexibility index (Phi) is 4.71. The maximum atomic E-state index is 5.90. The number of nitrogens with one attached hydrogen (secondary N) is 1. The van der Waals surface area contributed by atoms with E-state index in [4.69, 9.17) is 16.3 Å². The third-order valence-electron chi connectivity index (χ3n) is 2.59. The van der Waals surface area contributed by atoms with Gasteiger partial charge < -0.3 is 10.1 Å². The summed E-state index contributed by atoms with van der Waals surface area (Å²) in [5.41, 5.74) is 1.85. The summed E-state index contributed by atoms with van der Waals surface area (Å²) in [4.78, 5) is 8.52. The molecule has 2 aromatic rings. The van der Waals surface area contributed by atoms with E-state index < -0.39 is 0 Å². The van der Waals surface area contributed by atoms with E-state index in [1.54, 1.807) is 18.5 Å². The molecule has 0 saturated carbocycles. The molecule has 2 rings (SSSR count). The Bertz CT molecular complexity index is 543. The maximum Gasteiger partial charge on any atom is 0.237 e. The molecule has 19 heavy (non-hydrogen) atoms. The molecule has 100 valence electrons. The van der Waals surface area contributed by atoms with Gasteiger partial charge in [0.1, 0.15) is 5.75 Å². The van der Waals surface area contributed by atoms with Crippen LogP contribution in [0.15, 0.2) is 30.6 Å². The van der Waals surface area contributed by atoms with Crippen LogP contribution in [0.1, 0.15) is 18.2 Å². The summed E-state index contributed by atoms with van der Waals surface area (Å²) in [6.07, 6.45) is 3.34. The lowest BCUT2D eigenvalue weighted by Gasteiger charge is -2.08. The number of halogens is 1. The molecule has 1 N–H and O–H groups in total. The molecule has 0 saturated heterocycles. The summed E-state index contributed by atoms with van der Waals surface area (Å²) in [7, 11) is 0. The van der Waals surface area contributed by atoms with Gasteiger partial charge in [0, 0.05) is 11.6 Å². The molecular weight excluding hydrogens is 262 g/mol. The fourth-order valence-electron chi connectivity index (χ4n) is 1.58. The van der Waals surface area contributed by atoms with Crippen molar-refractivity contribution in [3.05, 3.63) is 46.9 Å². The largest absolute Gasteiger partial charge is 0.437 e. The predicted molar refractivity (Wildman–Crippen MR) is 75.7 cm³/mol. The van der Waals surface area contributed by atoms with Gasteiger partial charge in [0.25, 0.3) is 0 Å². The van der Waals surface area contributed by atoms with Gasteiger partial charge in [-0.1, -0.05) is 18.5 Å². The maximum absolute atomic E-state index is 5.90. The highest BCUT2D eigenvalue weighted by atomic mass is 35.5. The molecule has 0 fully saturated rings. The number of aromatic nitrogens is 2. The lowest BCUT2D eigenvalue weighted by Crippen LogP contribution is -2.13. The number of ether oxygens (including phenoxy) is 1. The van der Waals surface area contributed by atoms with E-state index >= 15 is 0 Å². The highest BCUT2D eigenvalue weighted by Gasteiger charge is 2.04. The Morgan fingerprint density at radius 3 is 2.74 bits per heavy atom. The summed E-state index contributed by atoms with van der Waals surface area (Å²) in [6, 6.07) is 5.46. The zero-order valence-corrected chi connectivity index (χ0v) is 11.7. The van der Waals surface area contributed by atoms with E-state index in [1.165, 1.54) is 0 Å². The van der Waals surface area contributed by atoms with Gasteiger partial charge in [-0.15, -0.1) is 0 Å². The van der Waals surface area contributed by atoms with Crippen molar-refractivity contribution in [3.8, 4) is 11.6 Å². The smallest absolute Gasteiger partial charge is 0.237 e. The highest BCUT2D eigenvalue weighted by Crippen LogP contribution is 2.25. The van der Waals surface area contributed by atoms with Gasteiger partial charge >= 0.3 is 0 Å². The topological polar surface area (TPSA) is 47.0 Å². The fraction of sp³-hybridized carbons (Fsp3) is 0.286. The summed E-state index contributed by atoms with van der Waals surface area (Å²) >= 11 is 5.90. The summed E-state index contributed by atoms with van der Waals surface area (Å²) in [6.45, 7) is 5.61. The minimum absolute atomic E-state index is 0.477. The molecule has 0 aliphatic heterocycles. The summed E-state index contributed by atoms with van der Waals surface area (Å²) < 4.78 is 5.67. The summed E-state index contributed by atoms with van der Waals surface area (Å²) in [5, 5.41) is 3.88. The van der Waals surface area contributed by atoms with Crippen LogP contribution in [0.25, 0.3) is 0 Å². The van der Waals surface area contributed by atoms with Crippen LogP contribution in [0.4, 0.5) is 0 Å². The van der Waals surface area contributed by atoms with Crippen molar-refractivity contribution >= 4 is 11.6 Å². The molecule has 0 spiro atoms. The first-order valence-corrected chi connectivity index (χ1v) is 6.52. The van der Waals surface area contributed by atoms with Crippen LogP contribution in [-0.2, 0) is 6.54 Å². The lowest BCUT2D eigenvalue weighted by atomic mass is 10.2. The Morgan fingerprint density at radius 1 is 1.26 bits per heavy atom. The number of aryl methyl sites for hydroxylation is 1. The third kappa shape index (κ3) is 3.91. The van der Waals surface area contributed by atoms with Crippen molar-refractivity contribution < 1.29 is 4.74 Å². The zero-order valence-electron chi connectivity index (χ0n) is 11.0. The second-order valence-electron chi connectivity index (χ2n) is 4.14. The van der Waals surface area contributed by atoms with E-state index in [-0.39, 0.29) is 0 Å². The predicted octanol–water partition coefficient (Wildman–Crippen LogP) is 3.34. The average Bonchev–Trinajstić information content (AvgIpc) is 2.41. The van der Waals surface area contributed by atoms with Gasteiger partial charge in [-0.2, -0.15) is 0 Å². The van der Waals surface area contributed by atoms with Crippen molar-refractivity contribution in [1.29, 1.82) is 0 Å². The molecular formula is C14H16ClN3O. The first-order chi connectivity index (χ1) is 9.19. The number of nitrogens with zero attached hydrogens (tertiary/aromatic N) is 2. The van der Waals surface area contributed by atoms with Gasteiger partial charge in [0.2, 0.25) is 5.88 Å². The van der Waals surface area contributed by atoms with Crippen LogP contribution in [-0.4, -0.2) is 16.5 Å². The van der Waals surface area contributed by atoms with Crippen molar-refractivity contribution in [2.75, 3.05) is 6.54 Å². The van der Waals surface area contributed by atoms with Crippen LogP contribution < -0.4 is 10.1 Å². The molecule has 1 heterocycles. The Morgan fingerprint density at radius 2 is 2.11 bits per heavy atom. The van der Waals surface area contributed by atoms with Gasteiger partial charge in [-0.3, -0.25) is 4.98 Å². The molecule has 0 bridgehead atoms. The van der Waals surface area contributed by atoms with E-state index in [0.29, 0.717) is 17.4 Å². The molecule has 5 heteroatoms. The molecule has 0 atom stereocenters. The average molecular weight is 278 g/mol. The van der Waals surface area contributed by atoms with Gasteiger partial charge in [0.05, 0.1) is 18.1 Å². The molecule has 1 aromatic carbocycles. The van der Waals surface area contributed by atoms with Crippen LogP contribution >= 0.6 is 11.6 Å². The van der Waals surface area contributed by atoms with E-state index in [2.05, 4.69) is 15.3 Å². The zero-order chi connectivity index (χ0) is 13.7. The van der Waals surface area contributed by atoms with Crippen LogP contribution in [0.3, 0.4) is 0 Å². The quantitative estimate of drug-likeness (QED) is 0.910. The van der Waals surface area contributed by atoms with Crippen LogP contribution in [0, 0.1) is 6.92 Å². The number of hydrogen-bond donors (Lipinski definition) is 1. The van der Waals surface area contributed by atoms with Crippen molar-refractivity contribution in [2.45, 2.75) is 20.4 Å². The van der Waals surface area contributed by atoms with Gasteiger partial charge in [-0.25, -0.2) is 4.98 Å². The SMILES string of the molecule is CCNCc1cnc(Oc2ccc(Cl)cc2C)cn1. The molecule has 1 aromatic heterocycles. The number of benzene rings is 1. The third-order valence-corrected chi connectivity index (χ3v) is 2.82. The van der Waals surface area contributed by atoms with Crippen LogP contribution in [0.2, 0.25) is 5.02 Å². The summed E-state index contributed by atoms with van der Waals surface area (Å²) in [5.74, 6) is 1.21. The Hall–Kier alpha value is -1.65. The minimum Gasteiger partial charge on any atom is -0.437 e. The molecule has 0 aliphatic rings. The highest BCUT2D eigenvalue weighted by molar-refractivity contribution is 6.30. The second-order valence-corrected chi connectivity index (χ2v) is 4.57. The fourth-order valence-corrected chi connectivity index (χ4v) is 1.81. The molecule has 0 radical (unpaired) electrons. The van der Waals surface area contributed by atoms with Crippen molar-refractivity contribution in [2.24, 2.45) is 0 Å². The first kappa shape index (κ1) is 13.8. The Labute approximate surface area is 117 Å².